The van der Waals surface area contributed by atoms with E-state index in [1.54, 1.807) is 12.1 Å². The van der Waals surface area contributed by atoms with E-state index >= 15 is 0 Å². The number of anilines is 1. The number of nitro benzene ring substituents is 1. The summed E-state index contributed by atoms with van der Waals surface area (Å²) in [5.74, 6) is 1.78. The van der Waals surface area contributed by atoms with Crippen LogP contribution in [0.25, 0.3) is 0 Å². The molecule has 0 saturated carbocycles. The number of aromatic nitrogens is 2. The van der Waals surface area contributed by atoms with Crippen LogP contribution in [0.3, 0.4) is 0 Å². The Hall–Kier alpha value is -2.54. The van der Waals surface area contributed by atoms with E-state index in [9.17, 15) is 10.1 Å². The summed E-state index contributed by atoms with van der Waals surface area (Å²) in [5.41, 5.74) is 2.20. The lowest BCUT2D eigenvalue weighted by atomic mass is 10.1. The molecule has 0 amide bonds. The van der Waals surface area contributed by atoms with Crippen LogP contribution in [0, 0.1) is 24.0 Å². The molecule has 0 N–H and O–H groups in total. The number of hydrogen-bond acceptors (Lipinski definition) is 6. The minimum atomic E-state index is -0.372. The van der Waals surface area contributed by atoms with Crippen molar-refractivity contribution in [3.8, 4) is 0 Å². The van der Waals surface area contributed by atoms with E-state index < -0.39 is 0 Å². The molecule has 1 aliphatic rings. The number of benzene rings is 1. The van der Waals surface area contributed by atoms with Crippen LogP contribution in [0.5, 0.6) is 0 Å². The van der Waals surface area contributed by atoms with Gasteiger partial charge in [-0.15, -0.1) is 0 Å². The highest BCUT2D eigenvalue weighted by Gasteiger charge is 2.31. The normalized spacial score (nSPS) is 14.8. The van der Waals surface area contributed by atoms with Crippen molar-refractivity contribution in [1.82, 2.24) is 14.9 Å². The quantitative estimate of drug-likeness (QED) is 0.620. The first-order chi connectivity index (χ1) is 11.4. The van der Waals surface area contributed by atoms with E-state index in [1.165, 1.54) is 0 Å². The van der Waals surface area contributed by atoms with Crippen molar-refractivity contribution in [2.24, 2.45) is 0 Å². The van der Waals surface area contributed by atoms with Crippen molar-refractivity contribution in [1.29, 1.82) is 0 Å². The van der Waals surface area contributed by atoms with Crippen LogP contribution in [0.2, 0.25) is 0 Å². The Morgan fingerprint density at radius 2 is 1.92 bits per heavy atom. The average Bonchev–Trinajstić information content (AvgIpc) is 2.45. The van der Waals surface area contributed by atoms with Crippen LogP contribution < -0.4 is 4.90 Å². The maximum atomic E-state index is 10.7. The molecule has 7 heteroatoms. The standard InChI is InChI=1S/C17H21N5O2/c1-12-8-17(19-13(2)18-12)21-10-16(11-21)20(3)9-14-4-6-15(7-5-14)22(23)24/h4-8,16H,9-11H2,1-3H3. The fourth-order valence-electron chi connectivity index (χ4n) is 2.92. The SMILES string of the molecule is Cc1cc(N2CC(N(C)Cc3ccc([N+](=O)[O-])cc3)C2)nc(C)n1. The summed E-state index contributed by atoms with van der Waals surface area (Å²) in [5, 5.41) is 10.7. The summed E-state index contributed by atoms with van der Waals surface area (Å²) in [4.78, 5) is 23.6. The van der Waals surface area contributed by atoms with Gasteiger partial charge in [0.1, 0.15) is 11.6 Å². The van der Waals surface area contributed by atoms with Crippen molar-refractivity contribution in [3.05, 3.63) is 57.5 Å². The number of nitro groups is 1. The number of aryl methyl sites for hydroxylation is 2. The molecule has 1 aliphatic heterocycles. The lowest BCUT2D eigenvalue weighted by Gasteiger charge is -2.44. The zero-order valence-corrected chi connectivity index (χ0v) is 14.1. The molecule has 0 atom stereocenters. The Morgan fingerprint density at radius 3 is 2.50 bits per heavy atom. The third kappa shape index (κ3) is 3.51. The Morgan fingerprint density at radius 1 is 1.25 bits per heavy atom. The summed E-state index contributed by atoms with van der Waals surface area (Å²) in [7, 11) is 2.08. The maximum absolute atomic E-state index is 10.7. The van der Waals surface area contributed by atoms with E-state index in [-0.39, 0.29) is 10.6 Å². The first kappa shape index (κ1) is 16.3. The fourth-order valence-corrected chi connectivity index (χ4v) is 2.92. The van der Waals surface area contributed by atoms with Gasteiger partial charge < -0.3 is 4.90 Å². The molecule has 0 unspecified atom stereocenters. The van der Waals surface area contributed by atoms with E-state index in [1.807, 2.05) is 32.0 Å². The third-order valence-corrected chi connectivity index (χ3v) is 4.34. The molecular formula is C17H21N5O2. The zero-order valence-electron chi connectivity index (χ0n) is 14.1. The Balaban J connectivity index is 1.56. The summed E-state index contributed by atoms with van der Waals surface area (Å²) in [6.07, 6.45) is 0. The van der Waals surface area contributed by atoms with Gasteiger partial charge in [0.2, 0.25) is 0 Å². The number of hydrogen-bond donors (Lipinski definition) is 0. The Kier molecular flexibility index (Phi) is 4.44. The van der Waals surface area contributed by atoms with Crippen molar-refractivity contribution in [3.63, 3.8) is 0 Å². The number of non-ortho nitro benzene ring substituents is 1. The van der Waals surface area contributed by atoms with Crippen LogP contribution >= 0.6 is 0 Å². The van der Waals surface area contributed by atoms with Crippen LogP contribution in [-0.4, -0.2) is 46.0 Å². The molecule has 1 aromatic heterocycles. The van der Waals surface area contributed by atoms with E-state index in [0.29, 0.717) is 6.04 Å². The van der Waals surface area contributed by atoms with Crippen molar-refractivity contribution in [2.45, 2.75) is 26.4 Å². The molecule has 126 valence electrons. The summed E-state index contributed by atoms with van der Waals surface area (Å²) < 4.78 is 0. The first-order valence-electron chi connectivity index (χ1n) is 7.93. The van der Waals surface area contributed by atoms with Crippen molar-refractivity contribution in [2.75, 3.05) is 25.0 Å². The van der Waals surface area contributed by atoms with Crippen molar-refractivity contribution >= 4 is 11.5 Å². The third-order valence-electron chi connectivity index (χ3n) is 4.34. The molecule has 0 spiro atoms. The lowest BCUT2D eigenvalue weighted by Crippen LogP contribution is -2.58. The van der Waals surface area contributed by atoms with Gasteiger partial charge in [-0.1, -0.05) is 12.1 Å². The second kappa shape index (κ2) is 6.52. The fraction of sp³-hybridized carbons (Fsp3) is 0.412. The lowest BCUT2D eigenvalue weighted by molar-refractivity contribution is -0.384. The first-order valence-corrected chi connectivity index (χ1v) is 7.93. The molecule has 24 heavy (non-hydrogen) atoms. The highest BCUT2D eigenvalue weighted by molar-refractivity contribution is 5.43. The molecule has 2 heterocycles. The van der Waals surface area contributed by atoms with Gasteiger partial charge in [0, 0.05) is 49.6 Å². The largest absolute Gasteiger partial charge is 0.353 e. The van der Waals surface area contributed by atoms with Gasteiger partial charge in [-0.3, -0.25) is 15.0 Å². The molecule has 1 saturated heterocycles. The Labute approximate surface area is 141 Å². The summed E-state index contributed by atoms with van der Waals surface area (Å²) in [6, 6.07) is 9.23. The van der Waals surface area contributed by atoms with E-state index in [2.05, 4.69) is 26.8 Å². The van der Waals surface area contributed by atoms with Gasteiger partial charge >= 0.3 is 0 Å². The highest BCUT2D eigenvalue weighted by atomic mass is 16.6. The maximum Gasteiger partial charge on any atom is 0.269 e. The number of likely N-dealkylation sites (N-methyl/N-ethyl adjacent to an activating group) is 1. The minimum Gasteiger partial charge on any atom is -0.353 e. The minimum absolute atomic E-state index is 0.130. The van der Waals surface area contributed by atoms with Crippen LogP contribution in [0.1, 0.15) is 17.1 Å². The molecule has 1 fully saturated rings. The van der Waals surface area contributed by atoms with Crippen LogP contribution in [0.4, 0.5) is 11.5 Å². The topological polar surface area (TPSA) is 75.4 Å². The van der Waals surface area contributed by atoms with Gasteiger partial charge in [0.05, 0.1) is 4.92 Å². The van der Waals surface area contributed by atoms with Crippen molar-refractivity contribution < 1.29 is 4.92 Å². The van der Waals surface area contributed by atoms with Crippen LogP contribution in [0.15, 0.2) is 30.3 Å². The van der Waals surface area contributed by atoms with Gasteiger partial charge in [0.25, 0.3) is 5.69 Å². The predicted octanol–water partition coefficient (Wildman–Crippen LogP) is 2.32. The van der Waals surface area contributed by atoms with Gasteiger partial charge in [-0.2, -0.15) is 0 Å². The van der Waals surface area contributed by atoms with Gasteiger partial charge in [-0.05, 0) is 26.5 Å². The molecule has 0 aliphatic carbocycles. The predicted molar refractivity (Wildman–Crippen MR) is 92.1 cm³/mol. The van der Waals surface area contributed by atoms with Crippen LogP contribution in [-0.2, 0) is 6.54 Å². The van der Waals surface area contributed by atoms with E-state index in [4.69, 9.17) is 0 Å². The van der Waals surface area contributed by atoms with Gasteiger partial charge in [0.15, 0.2) is 0 Å². The average molecular weight is 327 g/mol. The number of rotatable bonds is 5. The summed E-state index contributed by atoms with van der Waals surface area (Å²) >= 11 is 0. The molecule has 1 aromatic carbocycles. The molecule has 0 radical (unpaired) electrons. The van der Waals surface area contributed by atoms with E-state index in [0.717, 1.165) is 42.5 Å². The second-order valence-electron chi connectivity index (χ2n) is 6.31. The smallest absolute Gasteiger partial charge is 0.269 e. The highest BCUT2D eigenvalue weighted by Crippen LogP contribution is 2.23. The zero-order chi connectivity index (χ0) is 17.3. The number of nitrogens with zero attached hydrogens (tertiary/aromatic N) is 5. The monoisotopic (exact) mass is 327 g/mol. The molecule has 7 nitrogen and oxygen atoms in total. The molecular weight excluding hydrogens is 306 g/mol. The molecule has 3 rings (SSSR count). The summed E-state index contributed by atoms with van der Waals surface area (Å²) in [6.45, 7) is 6.53. The Bertz CT molecular complexity index is 721. The second-order valence-corrected chi connectivity index (χ2v) is 6.31. The molecule has 2 aromatic rings. The van der Waals surface area contributed by atoms with Gasteiger partial charge in [-0.25, -0.2) is 9.97 Å². The molecule has 0 bridgehead atoms.